The van der Waals surface area contributed by atoms with Gasteiger partial charge in [0.05, 0.1) is 0 Å². The summed E-state index contributed by atoms with van der Waals surface area (Å²) >= 11 is 0. The molecule has 0 radical (unpaired) electrons. The molecule has 51 heavy (non-hydrogen) atoms. The molecule has 300 valence electrons. The van der Waals surface area contributed by atoms with Gasteiger partial charge < -0.3 is 20.9 Å². The summed E-state index contributed by atoms with van der Waals surface area (Å²) in [5, 5.41) is 11.9. The van der Waals surface area contributed by atoms with E-state index in [9.17, 15) is 19.5 Å². The van der Waals surface area contributed by atoms with Crippen LogP contribution in [-0.2, 0) is 19.1 Å². The number of nitrogens with one attached hydrogen (secondary N) is 1. The SMILES string of the molecule is CCCCCCCCCC/C=C\CCCCCCCCCCCC(=O)OC(CCCCCCC)CCCCCCC(=O)NC(CCCN)C(=O)O. The molecule has 0 fully saturated rings. The van der Waals surface area contributed by atoms with Gasteiger partial charge in [-0.1, -0.05) is 154 Å². The third kappa shape index (κ3) is 36.3. The molecule has 0 saturated carbocycles. The zero-order chi connectivity index (χ0) is 37.5. The van der Waals surface area contributed by atoms with Gasteiger partial charge in [0, 0.05) is 12.8 Å². The van der Waals surface area contributed by atoms with Crippen molar-refractivity contribution in [2.24, 2.45) is 5.73 Å². The summed E-state index contributed by atoms with van der Waals surface area (Å²) < 4.78 is 5.97. The van der Waals surface area contributed by atoms with E-state index in [4.69, 9.17) is 10.5 Å². The quantitative estimate of drug-likeness (QED) is 0.0329. The maximum Gasteiger partial charge on any atom is 0.326 e. The van der Waals surface area contributed by atoms with Crippen molar-refractivity contribution in [2.75, 3.05) is 6.54 Å². The number of carboxylic acid groups (broad SMARTS) is 1. The molecule has 0 aliphatic carbocycles. The normalized spacial score (nSPS) is 12.7. The van der Waals surface area contributed by atoms with Gasteiger partial charge in [0.2, 0.25) is 5.91 Å². The Balaban J connectivity index is 3.95. The molecule has 2 unspecified atom stereocenters. The summed E-state index contributed by atoms with van der Waals surface area (Å²) in [5.41, 5.74) is 5.47. The van der Waals surface area contributed by atoms with E-state index in [1.54, 1.807) is 0 Å². The van der Waals surface area contributed by atoms with E-state index in [0.717, 1.165) is 57.8 Å². The number of unbranched alkanes of at least 4 members (excludes halogenated alkanes) is 24. The average Bonchev–Trinajstić information content (AvgIpc) is 3.11. The van der Waals surface area contributed by atoms with Crippen LogP contribution in [0.1, 0.15) is 232 Å². The molecule has 0 bridgehead atoms. The van der Waals surface area contributed by atoms with Crippen molar-refractivity contribution in [3.8, 4) is 0 Å². The van der Waals surface area contributed by atoms with Gasteiger partial charge in [-0.25, -0.2) is 4.79 Å². The van der Waals surface area contributed by atoms with E-state index in [-0.39, 0.29) is 18.0 Å². The molecule has 0 heterocycles. The summed E-state index contributed by atoms with van der Waals surface area (Å²) in [6.07, 6.45) is 42.8. The lowest BCUT2D eigenvalue weighted by molar-refractivity contribution is -0.150. The highest BCUT2D eigenvalue weighted by molar-refractivity contribution is 5.83. The number of rotatable bonds is 40. The molecular formula is C44H84N2O5. The van der Waals surface area contributed by atoms with Gasteiger partial charge in [-0.2, -0.15) is 0 Å². The van der Waals surface area contributed by atoms with Gasteiger partial charge in [0.1, 0.15) is 12.1 Å². The molecule has 0 aliphatic heterocycles. The molecule has 7 nitrogen and oxygen atoms in total. The summed E-state index contributed by atoms with van der Waals surface area (Å²) in [5.74, 6) is -1.26. The monoisotopic (exact) mass is 721 g/mol. The van der Waals surface area contributed by atoms with Crippen LogP contribution in [0.2, 0.25) is 0 Å². The Kier molecular flexibility index (Phi) is 37.9. The van der Waals surface area contributed by atoms with Crippen LogP contribution in [-0.4, -0.2) is 41.6 Å². The van der Waals surface area contributed by atoms with Gasteiger partial charge >= 0.3 is 11.9 Å². The molecule has 7 heteroatoms. The first-order valence-electron chi connectivity index (χ1n) is 22.0. The Bertz CT molecular complexity index is 817. The van der Waals surface area contributed by atoms with Crippen molar-refractivity contribution in [3.63, 3.8) is 0 Å². The van der Waals surface area contributed by atoms with Crippen LogP contribution in [0.3, 0.4) is 0 Å². The number of hydrogen-bond donors (Lipinski definition) is 3. The molecular weight excluding hydrogens is 636 g/mol. The first kappa shape index (κ1) is 49.1. The number of hydrogen-bond acceptors (Lipinski definition) is 5. The van der Waals surface area contributed by atoms with Crippen LogP contribution < -0.4 is 11.1 Å². The lowest BCUT2D eigenvalue weighted by atomic mass is 10.0. The second-order valence-corrected chi connectivity index (χ2v) is 15.1. The van der Waals surface area contributed by atoms with Crippen LogP contribution in [0.15, 0.2) is 12.2 Å². The predicted octanol–water partition coefficient (Wildman–Crippen LogP) is 12.3. The molecule has 0 saturated heterocycles. The third-order valence-electron chi connectivity index (χ3n) is 10.1. The fourth-order valence-electron chi connectivity index (χ4n) is 6.74. The minimum absolute atomic E-state index is 0.00769. The van der Waals surface area contributed by atoms with Crippen molar-refractivity contribution in [1.29, 1.82) is 0 Å². The third-order valence-corrected chi connectivity index (χ3v) is 10.1. The van der Waals surface area contributed by atoms with Crippen LogP contribution in [0.4, 0.5) is 0 Å². The molecule has 0 rings (SSSR count). The topological polar surface area (TPSA) is 119 Å². The molecule has 2 atom stereocenters. The Labute approximate surface area is 315 Å². The smallest absolute Gasteiger partial charge is 0.326 e. The fourth-order valence-corrected chi connectivity index (χ4v) is 6.74. The maximum atomic E-state index is 12.7. The van der Waals surface area contributed by atoms with Gasteiger partial charge in [0.15, 0.2) is 0 Å². The Morgan fingerprint density at radius 3 is 1.41 bits per heavy atom. The molecule has 0 spiro atoms. The second-order valence-electron chi connectivity index (χ2n) is 15.1. The van der Waals surface area contributed by atoms with Crippen LogP contribution in [0, 0.1) is 0 Å². The van der Waals surface area contributed by atoms with Gasteiger partial charge in [-0.05, 0) is 83.6 Å². The number of aliphatic carboxylic acids is 1. The second kappa shape index (κ2) is 39.3. The Hall–Kier alpha value is -1.89. The van der Waals surface area contributed by atoms with E-state index in [0.29, 0.717) is 32.2 Å². The first-order chi connectivity index (χ1) is 24.9. The number of allylic oxidation sites excluding steroid dienone is 2. The van der Waals surface area contributed by atoms with Crippen molar-refractivity contribution in [1.82, 2.24) is 5.32 Å². The molecule has 0 aliphatic rings. The minimum Gasteiger partial charge on any atom is -0.480 e. The number of nitrogens with two attached hydrogens (primary N) is 1. The number of amides is 1. The first-order valence-corrected chi connectivity index (χ1v) is 22.0. The summed E-state index contributed by atoms with van der Waals surface area (Å²) in [4.78, 5) is 36.2. The van der Waals surface area contributed by atoms with E-state index in [2.05, 4.69) is 31.3 Å². The zero-order valence-corrected chi connectivity index (χ0v) is 33.7. The standard InChI is InChI=1S/C44H84N2O5/c1-3-5-7-9-10-11-12-13-14-15-16-17-18-19-20-21-22-23-24-26-32-38-43(48)51-40(34-29-25-8-6-4-2)35-30-27-28-31-37-42(47)46-41(44(49)50)36-33-39-45/h15-16,40-41H,3-14,17-39,45H2,1-2H3,(H,46,47)(H,49,50)/b16-15-. The maximum absolute atomic E-state index is 12.7. The molecule has 0 aromatic carbocycles. The van der Waals surface area contributed by atoms with E-state index in [1.807, 2.05) is 0 Å². The largest absolute Gasteiger partial charge is 0.480 e. The van der Waals surface area contributed by atoms with Crippen molar-refractivity contribution >= 4 is 17.8 Å². The van der Waals surface area contributed by atoms with Crippen molar-refractivity contribution < 1.29 is 24.2 Å². The number of carbonyl (C=O) groups excluding carboxylic acids is 2. The van der Waals surface area contributed by atoms with Crippen molar-refractivity contribution in [3.05, 3.63) is 12.2 Å². The van der Waals surface area contributed by atoms with Crippen LogP contribution >= 0.6 is 0 Å². The molecule has 0 aromatic heterocycles. The zero-order valence-electron chi connectivity index (χ0n) is 33.7. The van der Waals surface area contributed by atoms with E-state index < -0.39 is 12.0 Å². The van der Waals surface area contributed by atoms with Gasteiger partial charge in [-0.15, -0.1) is 0 Å². The predicted molar refractivity (Wildman–Crippen MR) is 216 cm³/mol. The molecule has 4 N–H and O–H groups in total. The van der Waals surface area contributed by atoms with Crippen LogP contribution in [0.5, 0.6) is 0 Å². The number of carboxylic acids is 1. The van der Waals surface area contributed by atoms with Gasteiger partial charge in [-0.3, -0.25) is 9.59 Å². The van der Waals surface area contributed by atoms with Crippen LogP contribution in [0.25, 0.3) is 0 Å². The summed E-state index contributed by atoms with van der Waals surface area (Å²) in [6.45, 7) is 4.91. The minimum atomic E-state index is -1.01. The van der Waals surface area contributed by atoms with E-state index >= 15 is 0 Å². The lowest BCUT2D eigenvalue weighted by Gasteiger charge is -2.18. The molecule has 1 amide bonds. The number of ether oxygens (including phenoxy) is 1. The summed E-state index contributed by atoms with van der Waals surface area (Å²) in [6, 6.07) is -0.861. The van der Waals surface area contributed by atoms with E-state index in [1.165, 1.54) is 135 Å². The highest BCUT2D eigenvalue weighted by Crippen LogP contribution is 2.18. The fraction of sp³-hybridized carbons (Fsp3) is 0.886. The molecule has 0 aromatic rings. The van der Waals surface area contributed by atoms with Crippen molar-refractivity contribution in [2.45, 2.75) is 244 Å². The number of carbonyl (C=O) groups is 3. The highest BCUT2D eigenvalue weighted by atomic mass is 16.5. The average molecular weight is 721 g/mol. The lowest BCUT2D eigenvalue weighted by Crippen LogP contribution is -2.40. The highest BCUT2D eigenvalue weighted by Gasteiger charge is 2.19. The Morgan fingerprint density at radius 1 is 0.549 bits per heavy atom. The van der Waals surface area contributed by atoms with Gasteiger partial charge in [0.25, 0.3) is 0 Å². The summed E-state index contributed by atoms with van der Waals surface area (Å²) in [7, 11) is 0. The Morgan fingerprint density at radius 2 is 0.961 bits per heavy atom. The number of esters is 1.